The van der Waals surface area contributed by atoms with Crippen molar-refractivity contribution in [1.29, 1.82) is 0 Å². The zero-order valence-electron chi connectivity index (χ0n) is 18.3. The number of hydrogen-bond donors (Lipinski definition) is 2. The maximum absolute atomic E-state index is 12.4. The summed E-state index contributed by atoms with van der Waals surface area (Å²) < 4.78 is 21.7. The number of carboxylic acids is 1. The summed E-state index contributed by atoms with van der Waals surface area (Å²) in [5.74, 6) is 0.150. The molecule has 1 aromatic rings. The molecular weight excluding hydrogens is 378 g/mol. The summed E-state index contributed by atoms with van der Waals surface area (Å²) in [7, 11) is 2.99. The lowest BCUT2D eigenvalue weighted by molar-refractivity contribution is -0.157. The smallest absolute Gasteiger partial charge is 0.409 e. The van der Waals surface area contributed by atoms with Gasteiger partial charge in [-0.2, -0.15) is 0 Å². The Kier molecular flexibility index (Phi) is 9.23. The van der Waals surface area contributed by atoms with E-state index in [4.69, 9.17) is 18.9 Å². The summed E-state index contributed by atoms with van der Waals surface area (Å²) in [6.45, 7) is 9.21. The van der Waals surface area contributed by atoms with E-state index in [2.05, 4.69) is 5.32 Å². The van der Waals surface area contributed by atoms with E-state index < -0.39 is 30.0 Å². The van der Waals surface area contributed by atoms with E-state index in [1.165, 1.54) is 14.2 Å². The van der Waals surface area contributed by atoms with Gasteiger partial charge in [-0.3, -0.25) is 5.32 Å². The molecule has 164 valence electrons. The summed E-state index contributed by atoms with van der Waals surface area (Å²) in [5.41, 5.74) is -0.266. The van der Waals surface area contributed by atoms with Crippen molar-refractivity contribution in [3.63, 3.8) is 0 Å². The molecule has 2 atom stereocenters. The number of nitrogens with one attached hydrogen (secondary N) is 1. The molecule has 2 N–H and O–H groups in total. The fraction of sp³-hybridized carbons (Fsp3) is 0.619. The second-order valence-corrected chi connectivity index (χ2v) is 8.07. The van der Waals surface area contributed by atoms with Crippen LogP contribution in [-0.4, -0.2) is 43.1 Å². The summed E-state index contributed by atoms with van der Waals surface area (Å²) in [6, 6.07) is 4.96. The molecule has 0 aliphatic heterocycles. The fourth-order valence-electron chi connectivity index (χ4n) is 2.53. The molecule has 0 aliphatic carbocycles. The zero-order valence-corrected chi connectivity index (χ0v) is 18.3. The number of methoxy groups -OCH3 is 2. The maximum Gasteiger partial charge on any atom is 0.409 e. The van der Waals surface area contributed by atoms with Gasteiger partial charge in [0, 0.05) is 11.6 Å². The zero-order chi connectivity index (χ0) is 22.2. The SMILES string of the molecule is COc1ccc(C(NC(=O)OC(C)(C)C)O[C@H](CCC(C)C)C(=O)O)c(OC)c1. The van der Waals surface area contributed by atoms with Gasteiger partial charge in [0.1, 0.15) is 17.1 Å². The van der Waals surface area contributed by atoms with Crippen molar-refractivity contribution < 1.29 is 33.6 Å². The van der Waals surface area contributed by atoms with Gasteiger partial charge in [0.05, 0.1) is 14.2 Å². The quantitative estimate of drug-likeness (QED) is 0.558. The van der Waals surface area contributed by atoms with Crippen LogP contribution in [0.1, 0.15) is 59.3 Å². The van der Waals surface area contributed by atoms with Crippen molar-refractivity contribution in [1.82, 2.24) is 5.32 Å². The highest BCUT2D eigenvalue weighted by atomic mass is 16.6. The van der Waals surface area contributed by atoms with Gasteiger partial charge in [0.25, 0.3) is 0 Å². The molecule has 29 heavy (non-hydrogen) atoms. The lowest BCUT2D eigenvalue weighted by Crippen LogP contribution is -2.39. The van der Waals surface area contributed by atoms with Crippen LogP contribution in [0.2, 0.25) is 0 Å². The van der Waals surface area contributed by atoms with Gasteiger partial charge in [0.15, 0.2) is 12.3 Å². The van der Waals surface area contributed by atoms with Crippen LogP contribution in [-0.2, 0) is 14.3 Å². The van der Waals surface area contributed by atoms with Crippen LogP contribution >= 0.6 is 0 Å². The lowest BCUT2D eigenvalue weighted by atomic mass is 10.0. The molecule has 0 aromatic heterocycles. The predicted octanol–water partition coefficient (Wildman–Crippen LogP) is 4.13. The van der Waals surface area contributed by atoms with Crippen LogP contribution < -0.4 is 14.8 Å². The van der Waals surface area contributed by atoms with Gasteiger partial charge in [0.2, 0.25) is 0 Å². The Morgan fingerprint density at radius 2 is 1.76 bits per heavy atom. The predicted molar refractivity (Wildman–Crippen MR) is 108 cm³/mol. The Hall–Kier alpha value is -2.48. The van der Waals surface area contributed by atoms with Crippen LogP contribution in [0.4, 0.5) is 4.79 Å². The molecule has 1 aromatic carbocycles. The number of hydrogen-bond acceptors (Lipinski definition) is 6. The molecule has 1 rings (SSSR count). The van der Waals surface area contributed by atoms with E-state index in [1.807, 2.05) is 13.8 Å². The number of alkyl carbamates (subject to hydrolysis) is 1. The van der Waals surface area contributed by atoms with Crippen molar-refractivity contribution >= 4 is 12.1 Å². The van der Waals surface area contributed by atoms with Crippen LogP contribution in [0.25, 0.3) is 0 Å². The average Bonchev–Trinajstić information content (AvgIpc) is 2.61. The number of ether oxygens (including phenoxy) is 4. The number of carboxylic acid groups (broad SMARTS) is 1. The third kappa shape index (κ3) is 8.60. The van der Waals surface area contributed by atoms with Crippen molar-refractivity contribution in [2.24, 2.45) is 5.92 Å². The molecule has 1 unspecified atom stereocenters. The summed E-state index contributed by atoms with van der Waals surface area (Å²) in [5, 5.41) is 12.2. The van der Waals surface area contributed by atoms with E-state index in [0.717, 1.165) is 0 Å². The van der Waals surface area contributed by atoms with E-state index in [0.29, 0.717) is 35.8 Å². The highest BCUT2D eigenvalue weighted by Gasteiger charge is 2.29. The Balaban J connectivity index is 3.20. The highest BCUT2D eigenvalue weighted by Crippen LogP contribution is 2.32. The Morgan fingerprint density at radius 1 is 1.10 bits per heavy atom. The Labute approximate surface area is 172 Å². The maximum atomic E-state index is 12.4. The highest BCUT2D eigenvalue weighted by molar-refractivity contribution is 5.72. The molecule has 0 aliphatic rings. The number of carbonyl (C=O) groups excluding carboxylic acids is 1. The first kappa shape index (κ1) is 24.6. The van der Waals surface area contributed by atoms with Crippen LogP contribution in [0.15, 0.2) is 18.2 Å². The molecule has 8 heteroatoms. The molecule has 8 nitrogen and oxygen atoms in total. The largest absolute Gasteiger partial charge is 0.497 e. The minimum absolute atomic E-state index is 0.304. The average molecular weight is 411 g/mol. The third-order valence-corrected chi connectivity index (χ3v) is 3.95. The van der Waals surface area contributed by atoms with E-state index in [-0.39, 0.29) is 0 Å². The Bertz CT molecular complexity index is 682. The van der Waals surface area contributed by atoms with Gasteiger partial charge in [-0.25, -0.2) is 9.59 Å². The van der Waals surface area contributed by atoms with Gasteiger partial charge in [-0.05, 0) is 51.7 Å². The molecule has 0 radical (unpaired) electrons. The van der Waals surface area contributed by atoms with E-state index >= 15 is 0 Å². The second kappa shape index (κ2) is 10.9. The van der Waals surface area contributed by atoms with E-state index in [1.54, 1.807) is 39.0 Å². The standard InChI is InChI=1S/C21H33NO7/c1-13(2)8-11-16(19(23)24)28-18(22-20(25)29-21(3,4)5)15-10-9-14(26-6)12-17(15)27-7/h9-10,12-13,16,18H,8,11H2,1-7H3,(H,22,25)(H,23,24)/t16-,18?/m1/s1. The van der Waals surface area contributed by atoms with Crippen LogP contribution in [0.5, 0.6) is 11.5 Å². The summed E-state index contributed by atoms with van der Waals surface area (Å²) in [6.07, 6.45) is -1.95. The van der Waals surface area contributed by atoms with Gasteiger partial charge in [-0.1, -0.05) is 13.8 Å². The fourth-order valence-corrected chi connectivity index (χ4v) is 2.53. The summed E-state index contributed by atoms with van der Waals surface area (Å²) >= 11 is 0. The number of carbonyl (C=O) groups is 2. The van der Waals surface area contributed by atoms with Crippen LogP contribution in [0.3, 0.4) is 0 Å². The van der Waals surface area contributed by atoms with Crippen molar-refractivity contribution in [3.05, 3.63) is 23.8 Å². The molecule has 0 spiro atoms. The molecule has 1 amide bonds. The monoisotopic (exact) mass is 411 g/mol. The van der Waals surface area contributed by atoms with E-state index in [9.17, 15) is 14.7 Å². The number of amides is 1. The first-order chi connectivity index (χ1) is 13.5. The van der Waals surface area contributed by atoms with Crippen LogP contribution in [0, 0.1) is 5.92 Å². The topological polar surface area (TPSA) is 103 Å². The first-order valence-corrected chi connectivity index (χ1v) is 9.56. The van der Waals surface area contributed by atoms with Crippen molar-refractivity contribution in [2.75, 3.05) is 14.2 Å². The molecule has 0 saturated heterocycles. The molecule has 0 saturated carbocycles. The third-order valence-electron chi connectivity index (χ3n) is 3.95. The van der Waals surface area contributed by atoms with Gasteiger partial charge >= 0.3 is 12.1 Å². The Morgan fingerprint density at radius 3 is 2.24 bits per heavy atom. The van der Waals surface area contributed by atoms with Crippen molar-refractivity contribution in [2.45, 2.75) is 65.4 Å². The second-order valence-electron chi connectivity index (χ2n) is 8.07. The van der Waals surface area contributed by atoms with Gasteiger partial charge in [-0.15, -0.1) is 0 Å². The molecule has 0 fully saturated rings. The first-order valence-electron chi connectivity index (χ1n) is 9.56. The molecule has 0 heterocycles. The number of aliphatic carboxylic acids is 1. The minimum Gasteiger partial charge on any atom is -0.497 e. The number of benzene rings is 1. The lowest BCUT2D eigenvalue weighted by Gasteiger charge is -2.27. The molecule has 0 bridgehead atoms. The van der Waals surface area contributed by atoms with Crippen molar-refractivity contribution in [3.8, 4) is 11.5 Å². The molecular formula is C21H33NO7. The minimum atomic E-state index is -1.11. The normalized spacial score (nSPS) is 13.5. The summed E-state index contributed by atoms with van der Waals surface area (Å²) in [4.78, 5) is 24.1. The number of rotatable bonds is 10. The van der Waals surface area contributed by atoms with Gasteiger partial charge < -0.3 is 24.1 Å².